The molecule has 0 spiro atoms. The zero-order valence-electron chi connectivity index (χ0n) is 9.50. The Morgan fingerprint density at radius 3 is 2.87 bits per heavy atom. The molecule has 4 heteroatoms. The number of nitrogens with two attached hydrogens (primary N) is 1. The van der Waals surface area contributed by atoms with Crippen molar-refractivity contribution in [3.63, 3.8) is 0 Å². The molecule has 1 atom stereocenters. The van der Waals surface area contributed by atoms with E-state index in [1.54, 1.807) is 0 Å². The number of carbonyl (C=O) groups is 1. The highest BCUT2D eigenvalue weighted by Gasteiger charge is 2.17. The first-order valence-electron chi connectivity index (χ1n) is 5.83. The molecule has 0 aromatic heterocycles. The lowest BCUT2D eigenvalue weighted by atomic mass is 9.83. The fourth-order valence-electron chi connectivity index (χ4n) is 1.71. The van der Waals surface area contributed by atoms with Crippen LogP contribution in [-0.4, -0.2) is 18.6 Å². The van der Waals surface area contributed by atoms with Crippen LogP contribution in [0.2, 0.25) is 0 Å². The van der Waals surface area contributed by atoms with Crippen LogP contribution in [0, 0.1) is 5.92 Å². The Labute approximate surface area is 91.5 Å². The van der Waals surface area contributed by atoms with E-state index in [0.29, 0.717) is 6.42 Å². The third kappa shape index (κ3) is 5.14. The molecule has 15 heavy (non-hydrogen) atoms. The van der Waals surface area contributed by atoms with E-state index in [4.69, 9.17) is 10.6 Å². The van der Waals surface area contributed by atoms with Crippen molar-refractivity contribution in [3.8, 4) is 0 Å². The number of rotatable bonds is 7. The Balaban J connectivity index is 1.92. The summed E-state index contributed by atoms with van der Waals surface area (Å²) in [5.74, 6) is 5.76. The maximum Gasteiger partial charge on any atom is 0.233 e. The molecule has 1 aliphatic carbocycles. The molecule has 0 bridgehead atoms. The van der Waals surface area contributed by atoms with E-state index >= 15 is 0 Å². The van der Waals surface area contributed by atoms with Crippen molar-refractivity contribution in [2.45, 2.75) is 51.6 Å². The van der Waals surface area contributed by atoms with Gasteiger partial charge in [-0.15, -0.1) is 0 Å². The second-order valence-electron chi connectivity index (χ2n) is 4.37. The average Bonchev–Trinajstić information content (AvgIpc) is 2.18. The van der Waals surface area contributed by atoms with Gasteiger partial charge in [-0.3, -0.25) is 10.2 Å². The highest BCUT2D eigenvalue weighted by Crippen LogP contribution is 2.29. The molecular weight excluding hydrogens is 192 g/mol. The van der Waals surface area contributed by atoms with Gasteiger partial charge in [-0.2, -0.15) is 0 Å². The van der Waals surface area contributed by atoms with E-state index in [1.807, 2.05) is 6.92 Å². The van der Waals surface area contributed by atoms with E-state index in [9.17, 15) is 4.79 Å². The summed E-state index contributed by atoms with van der Waals surface area (Å²) < 4.78 is 5.62. The molecule has 1 fully saturated rings. The summed E-state index contributed by atoms with van der Waals surface area (Å²) in [5, 5.41) is 0. The van der Waals surface area contributed by atoms with Crippen LogP contribution < -0.4 is 11.3 Å². The Morgan fingerprint density at radius 2 is 2.33 bits per heavy atom. The summed E-state index contributed by atoms with van der Waals surface area (Å²) >= 11 is 0. The van der Waals surface area contributed by atoms with Crippen LogP contribution in [0.3, 0.4) is 0 Å². The number of ether oxygens (including phenoxy) is 1. The minimum Gasteiger partial charge on any atom is -0.378 e. The second kappa shape index (κ2) is 6.80. The maximum atomic E-state index is 10.9. The number of carbonyl (C=O) groups excluding carboxylic acids is 1. The summed E-state index contributed by atoms with van der Waals surface area (Å²) in [5.41, 5.74) is 2.12. The van der Waals surface area contributed by atoms with Gasteiger partial charge in [-0.1, -0.05) is 19.3 Å². The maximum absolute atomic E-state index is 10.9. The molecule has 4 nitrogen and oxygen atoms in total. The van der Waals surface area contributed by atoms with Gasteiger partial charge in [0.25, 0.3) is 0 Å². The smallest absolute Gasteiger partial charge is 0.233 e. The normalized spacial score (nSPS) is 18.3. The van der Waals surface area contributed by atoms with Crippen LogP contribution in [0.25, 0.3) is 0 Å². The first kappa shape index (κ1) is 12.5. The van der Waals surface area contributed by atoms with Crippen LogP contribution in [0.1, 0.15) is 45.4 Å². The van der Waals surface area contributed by atoms with Crippen molar-refractivity contribution in [2.24, 2.45) is 11.8 Å². The lowest BCUT2D eigenvalue weighted by Crippen LogP contribution is -2.30. The van der Waals surface area contributed by atoms with Crippen molar-refractivity contribution in [1.82, 2.24) is 5.43 Å². The van der Waals surface area contributed by atoms with Gasteiger partial charge in [0.05, 0.1) is 6.10 Å². The number of amides is 1. The van der Waals surface area contributed by atoms with Gasteiger partial charge in [-0.05, 0) is 25.7 Å². The summed E-state index contributed by atoms with van der Waals surface area (Å²) in [6, 6.07) is 0. The number of hydrogen-bond donors (Lipinski definition) is 2. The number of nitrogens with one attached hydrogen (secondary N) is 1. The summed E-state index contributed by atoms with van der Waals surface area (Å²) in [4.78, 5) is 10.9. The average molecular weight is 214 g/mol. The highest BCUT2D eigenvalue weighted by molar-refractivity contribution is 5.75. The molecule has 0 radical (unpaired) electrons. The van der Waals surface area contributed by atoms with Gasteiger partial charge in [0.2, 0.25) is 5.91 Å². The molecule has 1 amide bonds. The summed E-state index contributed by atoms with van der Waals surface area (Å²) in [7, 11) is 0. The number of hydrazine groups is 1. The number of hydrogen-bond acceptors (Lipinski definition) is 3. The lowest BCUT2D eigenvalue weighted by Gasteiger charge is -2.25. The first-order chi connectivity index (χ1) is 7.22. The highest BCUT2D eigenvalue weighted by atomic mass is 16.5. The van der Waals surface area contributed by atoms with E-state index in [2.05, 4.69) is 5.43 Å². The van der Waals surface area contributed by atoms with Gasteiger partial charge in [0, 0.05) is 13.0 Å². The van der Waals surface area contributed by atoms with Gasteiger partial charge >= 0.3 is 0 Å². The van der Waals surface area contributed by atoms with E-state index < -0.39 is 0 Å². The van der Waals surface area contributed by atoms with Gasteiger partial charge < -0.3 is 4.74 Å². The molecule has 3 N–H and O–H groups in total. The summed E-state index contributed by atoms with van der Waals surface area (Å²) in [6.07, 6.45) is 6.64. The first-order valence-corrected chi connectivity index (χ1v) is 5.83. The molecule has 1 unspecified atom stereocenters. The molecule has 0 saturated heterocycles. The molecule has 1 saturated carbocycles. The third-order valence-corrected chi connectivity index (χ3v) is 3.09. The van der Waals surface area contributed by atoms with Gasteiger partial charge in [0.1, 0.15) is 0 Å². The molecular formula is C11H22N2O2. The van der Waals surface area contributed by atoms with E-state index in [1.165, 1.54) is 25.7 Å². The molecule has 88 valence electrons. The largest absolute Gasteiger partial charge is 0.378 e. The van der Waals surface area contributed by atoms with Gasteiger partial charge in [-0.25, -0.2) is 5.84 Å². The van der Waals surface area contributed by atoms with Crippen molar-refractivity contribution >= 4 is 5.91 Å². The van der Waals surface area contributed by atoms with Crippen LogP contribution >= 0.6 is 0 Å². The topological polar surface area (TPSA) is 64.4 Å². The Morgan fingerprint density at radius 1 is 1.60 bits per heavy atom. The SMILES string of the molecule is CC(CCC(=O)NN)OCCC1CCC1. The van der Waals surface area contributed by atoms with Crippen molar-refractivity contribution in [1.29, 1.82) is 0 Å². The molecule has 0 aromatic rings. The Hall–Kier alpha value is -0.610. The second-order valence-corrected chi connectivity index (χ2v) is 4.37. The lowest BCUT2D eigenvalue weighted by molar-refractivity contribution is -0.121. The molecule has 1 aliphatic rings. The molecule has 1 rings (SSSR count). The zero-order chi connectivity index (χ0) is 11.1. The summed E-state index contributed by atoms with van der Waals surface area (Å²) in [6.45, 7) is 2.83. The van der Waals surface area contributed by atoms with E-state index in [-0.39, 0.29) is 12.0 Å². The zero-order valence-corrected chi connectivity index (χ0v) is 9.50. The van der Waals surface area contributed by atoms with Crippen LogP contribution in [0.4, 0.5) is 0 Å². The van der Waals surface area contributed by atoms with Crippen molar-refractivity contribution in [2.75, 3.05) is 6.61 Å². The fourth-order valence-corrected chi connectivity index (χ4v) is 1.71. The Bertz CT molecular complexity index is 193. The minimum atomic E-state index is -0.121. The molecule has 0 heterocycles. The van der Waals surface area contributed by atoms with Crippen LogP contribution in [-0.2, 0) is 9.53 Å². The fraction of sp³-hybridized carbons (Fsp3) is 0.909. The third-order valence-electron chi connectivity index (χ3n) is 3.09. The predicted molar refractivity (Wildman–Crippen MR) is 58.9 cm³/mol. The Kier molecular flexibility index (Phi) is 5.65. The van der Waals surface area contributed by atoms with Crippen LogP contribution in [0.15, 0.2) is 0 Å². The monoisotopic (exact) mass is 214 g/mol. The standard InChI is InChI=1S/C11H22N2O2/c1-9(5-6-11(14)13-12)15-8-7-10-3-2-4-10/h9-10H,2-8,12H2,1H3,(H,13,14). The minimum absolute atomic E-state index is 0.121. The quantitative estimate of drug-likeness (QED) is 0.382. The van der Waals surface area contributed by atoms with Crippen LogP contribution in [0.5, 0.6) is 0 Å². The van der Waals surface area contributed by atoms with Crippen molar-refractivity contribution in [3.05, 3.63) is 0 Å². The molecule has 0 aromatic carbocycles. The van der Waals surface area contributed by atoms with E-state index in [0.717, 1.165) is 18.9 Å². The van der Waals surface area contributed by atoms with Gasteiger partial charge in [0.15, 0.2) is 0 Å². The molecule has 0 aliphatic heterocycles. The van der Waals surface area contributed by atoms with Crippen molar-refractivity contribution < 1.29 is 9.53 Å². The predicted octanol–water partition coefficient (Wildman–Crippen LogP) is 1.35.